The SMILES string of the molecule is [C-]#[N+]c1c(N2CCCC2)nc(SCc2csc(-c3ccc(Cl)cc3)n2)c(C#N)c1-c1ccc(OCCOC(=O)[C@H](C)NC(=O)[C@@H](N)CCCN)cc1. The average Bonchev–Trinajstić information content (AvgIpc) is 3.88. The number of aromatic nitrogens is 2. The Kier molecular flexibility index (Phi) is 13.8. The van der Waals surface area contributed by atoms with Gasteiger partial charge in [0.25, 0.3) is 0 Å². The molecule has 5 N–H and O–H groups in total. The molecule has 1 aliphatic rings. The lowest BCUT2D eigenvalue weighted by Gasteiger charge is -2.22. The summed E-state index contributed by atoms with van der Waals surface area (Å²) in [7, 11) is 0. The molecule has 2 aromatic carbocycles. The van der Waals surface area contributed by atoms with Crippen molar-refractivity contribution >= 4 is 58.1 Å². The lowest BCUT2D eigenvalue weighted by atomic mass is 9.99. The van der Waals surface area contributed by atoms with E-state index in [1.54, 1.807) is 24.3 Å². The van der Waals surface area contributed by atoms with Crippen molar-refractivity contribution in [1.82, 2.24) is 15.3 Å². The van der Waals surface area contributed by atoms with Gasteiger partial charge < -0.3 is 31.2 Å². The van der Waals surface area contributed by atoms with E-state index >= 15 is 0 Å². The molecule has 1 fully saturated rings. The van der Waals surface area contributed by atoms with Crippen molar-refractivity contribution in [2.75, 3.05) is 37.7 Å². The summed E-state index contributed by atoms with van der Waals surface area (Å²) < 4.78 is 11.1. The Morgan fingerprint density at radius 3 is 2.52 bits per heavy atom. The predicted molar refractivity (Wildman–Crippen MR) is 205 cm³/mol. The van der Waals surface area contributed by atoms with Gasteiger partial charge in [0.05, 0.1) is 23.9 Å². The number of carbonyl (C=O) groups excluding carboxylic acids is 2. The molecule has 2 aromatic heterocycles. The first-order valence-electron chi connectivity index (χ1n) is 16.8. The highest BCUT2D eigenvalue weighted by atomic mass is 35.5. The second-order valence-corrected chi connectivity index (χ2v) is 14.3. The summed E-state index contributed by atoms with van der Waals surface area (Å²) in [5, 5.41) is 17.1. The van der Waals surface area contributed by atoms with E-state index in [0.29, 0.717) is 69.1 Å². The largest absolute Gasteiger partial charge is 0.490 e. The minimum atomic E-state index is -0.871. The quantitative estimate of drug-likeness (QED) is 0.0504. The van der Waals surface area contributed by atoms with Crippen molar-refractivity contribution in [1.29, 1.82) is 5.26 Å². The Morgan fingerprint density at radius 1 is 1.13 bits per heavy atom. The van der Waals surface area contributed by atoms with Gasteiger partial charge >= 0.3 is 5.97 Å². The summed E-state index contributed by atoms with van der Waals surface area (Å²) in [6.07, 6.45) is 3.04. The Morgan fingerprint density at radius 2 is 1.85 bits per heavy atom. The minimum absolute atomic E-state index is 0.0369. The second kappa shape index (κ2) is 18.7. The highest BCUT2D eigenvalue weighted by Gasteiger charge is 2.27. The topological polar surface area (TPSA) is 174 Å². The van der Waals surface area contributed by atoms with Crippen LogP contribution in [0.2, 0.25) is 5.02 Å². The van der Waals surface area contributed by atoms with Gasteiger partial charge in [0, 0.05) is 40.4 Å². The number of hydrogen-bond donors (Lipinski definition) is 3. The normalized spacial score (nSPS) is 13.5. The summed E-state index contributed by atoms with van der Waals surface area (Å²) in [6, 6.07) is 15.4. The van der Waals surface area contributed by atoms with Gasteiger partial charge in [-0.2, -0.15) is 5.26 Å². The Balaban J connectivity index is 1.28. The molecule has 0 radical (unpaired) electrons. The van der Waals surface area contributed by atoms with Crippen LogP contribution >= 0.6 is 34.7 Å². The van der Waals surface area contributed by atoms with Gasteiger partial charge in [-0.1, -0.05) is 47.6 Å². The molecule has 0 bridgehead atoms. The average molecular weight is 759 g/mol. The molecule has 15 heteroatoms. The first-order chi connectivity index (χ1) is 25.2. The van der Waals surface area contributed by atoms with Crippen LogP contribution in [-0.4, -0.2) is 66.8 Å². The highest BCUT2D eigenvalue weighted by Crippen LogP contribution is 2.45. The molecular formula is C37H39ClN8O4S2. The van der Waals surface area contributed by atoms with Crippen LogP contribution in [0.15, 0.2) is 58.9 Å². The zero-order valence-electron chi connectivity index (χ0n) is 28.6. The van der Waals surface area contributed by atoms with Crippen LogP contribution < -0.4 is 26.4 Å². The molecule has 2 atom stereocenters. The fraction of sp³-hybridized carbons (Fsp3) is 0.351. The molecule has 0 unspecified atom stereocenters. The van der Waals surface area contributed by atoms with Crippen LogP contribution in [-0.2, 0) is 20.1 Å². The van der Waals surface area contributed by atoms with Crippen molar-refractivity contribution in [2.45, 2.75) is 55.5 Å². The summed E-state index contributed by atoms with van der Waals surface area (Å²) in [5.41, 5.74) is 15.0. The summed E-state index contributed by atoms with van der Waals surface area (Å²) in [5.74, 6) is 0.539. The van der Waals surface area contributed by atoms with Gasteiger partial charge in [-0.15, -0.1) is 11.3 Å². The summed E-state index contributed by atoms with van der Waals surface area (Å²) in [6.45, 7) is 11.7. The van der Waals surface area contributed by atoms with Crippen molar-refractivity contribution < 1.29 is 19.1 Å². The molecular weight excluding hydrogens is 720 g/mol. The zero-order chi connectivity index (χ0) is 37.0. The fourth-order valence-corrected chi connectivity index (χ4v) is 7.45. The second-order valence-electron chi connectivity index (χ2n) is 12.0. The number of halogens is 1. The number of esters is 1. The van der Waals surface area contributed by atoms with E-state index in [0.717, 1.165) is 42.2 Å². The molecule has 0 spiro atoms. The van der Waals surface area contributed by atoms with E-state index in [2.05, 4.69) is 21.1 Å². The van der Waals surface area contributed by atoms with Gasteiger partial charge in [-0.3, -0.25) is 4.79 Å². The van der Waals surface area contributed by atoms with Crippen LogP contribution in [0, 0.1) is 17.9 Å². The number of hydrogen-bond acceptors (Lipinski definition) is 12. The maximum Gasteiger partial charge on any atom is 0.328 e. The van der Waals surface area contributed by atoms with Gasteiger partial charge in [-0.25, -0.2) is 19.6 Å². The zero-order valence-corrected chi connectivity index (χ0v) is 31.0. The van der Waals surface area contributed by atoms with E-state index < -0.39 is 24.0 Å². The molecule has 0 saturated carbocycles. The monoisotopic (exact) mass is 758 g/mol. The Bertz CT molecular complexity index is 1940. The van der Waals surface area contributed by atoms with Gasteiger partial charge in [-0.05, 0) is 69.0 Å². The molecule has 52 heavy (non-hydrogen) atoms. The molecule has 1 aliphatic heterocycles. The summed E-state index contributed by atoms with van der Waals surface area (Å²) >= 11 is 9.02. The van der Waals surface area contributed by atoms with Crippen LogP contribution in [0.4, 0.5) is 11.5 Å². The number of nitrogens with one attached hydrogen (secondary N) is 1. The lowest BCUT2D eigenvalue weighted by molar-refractivity contribution is -0.148. The predicted octanol–water partition coefficient (Wildman–Crippen LogP) is 6.33. The number of thiazole rings is 1. The van der Waals surface area contributed by atoms with E-state index in [1.807, 2.05) is 29.6 Å². The van der Waals surface area contributed by atoms with E-state index in [-0.39, 0.29) is 13.2 Å². The lowest BCUT2D eigenvalue weighted by Crippen LogP contribution is -2.47. The molecule has 270 valence electrons. The summed E-state index contributed by atoms with van der Waals surface area (Å²) in [4.78, 5) is 40.3. The van der Waals surface area contributed by atoms with E-state index in [9.17, 15) is 14.9 Å². The molecule has 4 aromatic rings. The minimum Gasteiger partial charge on any atom is -0.490 e. The third-order valence-corrected chi connectivity index (χ3v) is 10.5. The number of nitriles is 1. The van der Waals surface area contributed by atoms with Gasteiger partial charge in [0.1, 0.15) is 46.9 Å². The molecule has 5 rings (SSSR count). The smallest absolute Gasteiger partial charge is 0.328 e. The van der Waals surface area contributed by atoms with E-state index in [4.69, 9.17) is 49.1 Å². The third-order valence-electron chi connectivity index (χ3n) is 8.26. The third kappa shape index (κ3) is 9.79. The van der Waals surface area contributed by atoms with Crippen molar-refractivity contribution in [3.05, 3.63) is 81.6 Å². The number of amides is 1. The number of nitrogens with zero attached hydrogens (tertiary/aromatic N) is 5. The maximum atomic E-state index is 12.4. The number of nitrogens with two attached hydrogens (primary N) is 2. The molecule has 12 nitrogen and oxygen atoms in total. The Labute approximate surface area is 316 Å². The fourth-order valence-electron chi connectivity index (χ4n) is 5.52. The molecule has 1 amide bonds. The number of ether oxygens (including phenoxy) is 2. The number of carbonyl (C=O) groups is 2. The van der Waals surface area contributed by atoms with Crippen molar-refractivity contribution in [3.63, 3.8) is 0 Å². The molecule has 1 saturated heterocycles. The first kappa shape index (κ1) is 38.5. The molecule has 0 aliphatic carbocycles. The van der Waals surface area contributed by atoms with E-state index in [1.165, 1.54) is 30.0 Å². The first-order valence-corrected chi connectivity index (χ1v) is 19.1. The van der Waals surface area contributed by atoms with Gasteiger partial charge in [0.2, 0.25) is 11.6 Å². The van der Waals surface area contributed by atoms with Crippen molar-refractivity contribution in [2.24, 2.45) is 11.5 Å². The standard InChI is InChI=1S/C37H39ClN8O4S2/c1-23(43-34(47)30(41)6-5-15-39)37(48)50-19-18-49-28-13-9-24(10-14-28)31-29(20-40)36(45-33(32(31)42-2)46-16-3-4-17-46)52-22-27-21-51-35(44-27)25-7-11-26(38)12-8-25/h7-14,21,23,30H,3-6,15-19,22,39,41H2,1H3,(H,43,47)/t23-,30-/m0/s1. The van der Waals surface area contributed by atoms with Crippen molar-refractivity contribution in [3.8, 4) is 33.5 Å². The van der Waals surface area contributed by atoms with Gasteiger partial charge in [0.15, 0.2) is 0 Å². The van der Waals surface area contributed by atoms with Crippen LogP contribution in [0.25, 0.3) is 26.5 Å². The van der Waals surface area contributed by atoms with Crippen LogP contribution in [0.5, 0.6) is 5.75 Å². The maximum absolute atomic E-state index is 12.4. The number of benzene rings is 2. The number of rotatable bonds is 16. The highest BCUT2D eigenvalue weighted by molar-refractivity contribution is 7.98. The number of anilines is 1. The Hall–Kier alpha value is -4.70. The number of pyridine rings is 1. The van der Waals surface area contributed by atoms with Crippen LogP contribution in [0.1, 0.15) is 43.9 Å². The van der Waals surface area contributed by atoms with Crippen LogP contribution in [0.3, 0.4) is 0 Å². The number of thioether (sulfide) groups is 1. The molecule has 3 heterocycles.